The van der Waals surface area contributed by atoms with Gasteiger partial charge in [-0.3, -0.25) is 9.48 Å². The lowest BCUT2D eigenvalue weighted by atomic mass is 10.1. The zero-order valence-corrected chi connectivity index (χ0v) is 12.2. The molecule has 0 atom stereocenters. The average Bonchev–Trinajstić information content (AvgIpc) is 2.83. The van der Waals surface area contributed by atoms with Crippen LogP contribution in [0.15, 0.2) is 6.20 Å². The summed E-state index contributed by atoms with van der Waals surface area (Å²) in [5, 5.41) is 3.79. The minimum atomic E-state index is -4.64. The summed E-state index contributed by atoms with van der Waals surface area (Å²) in [5.41, 5.74) is -2.26. The maximum absolute atomic E-state index is 13.3. The van der Waals surface area contributed by atoms with Crippen LogP contribution in [-0.2, 0) is 16.5 Å². The van der Waals surface area contributed by atoms with E-state index in [1.165, 1.54) is 4.90 Å². The van der Waals surface area contributed by atoms with Gasteiger partial charge in [0.05, 0.1) is 30.5 Å². The van der Waals surface area contributed by atoms with E-state index < -0.39 is 28.9 Å². The summed E-state index contributed by atoms with van der Waals surface area (Å²) in [6.07, 6.45) is -3.63. The second-order valence-electron chi connectivity index (χ2n) is 5.89. The Bertz CT molecular complexity index is 526. The molecule has 0 saturated carbocycles. The number of carbonyl (C=O) groups excluding carboxylic acids is 1. The van der Waals surface area contributed by atoms with Gasteiger partial charge in [-0.15, -0.1) is 0 Å². The first-order valence-corrected chi connectivity index (χ1v) is 6.65. The van der Waals surface area contributed by atoms with Crippen molar-refractivity contribution in [2.75, 3.05) is 26.3 Å². The zero-order valence-electron chi connectivity index (χ0n) is 12.2. The molecule has 0 aliphatic carbocycles. The molecule has 1 amide bonds. The first-order chi connectivity index (χ1) is 9.62. The van der Waals surface area contributed by atoms with E-state index in [0.717, 1.165) is 10.9 Å². The lowest BCUT2D eigenvalue weighted by Gasteiger charge is -2.28. The fourth-order valence-electron chi connectivity index (χ4n) is 2.22. The molecule has 0 radical (unpaired) electrons. The number of halogens is 3. The van der Waals surface area contributed by atoms with Crippen molar-refractivity contribution in [3.8, 4) is 0 Å². The van der Waals surface area contributed by atoms with Crippen LogP contribution in [0.3, 0.4) is 0 Å². The van der Waals surface area contributed by atoms with Gasteiger partial charge >= 0.3 is 6.18 Å². The van der Waals surface area contributed by atoms with E-state index in [0.29, 0.717) is 13.2 Å². The van der Waals surface area contributed by atoms with Gasteiger partial charge in [-0.25, -0.2) is 0 Å². The van der Waals surface area contributed by atoms with E-state index in [4.69, 9.17) is 4.74 Å². The highest BCUT2D eigenvalue weighted by Gasteiger charge is 2.43. The first-order valence-electron chi connectivity index (χ1n) is 6.65. The largest absolute Gasteiger partial charge is 0.433 e. The molecule has 118 valence electrons. The number of amides is 1. The van der Waals surface area contributed by atoms with Crippen LogP contribution >= 0.6 is 0 Å². The Balaban J connectivity index is 2.44. The van der Waals surface area contributed by atoms with E-state index in [-0.39, 0.29) is 13.1 Å². The summed E-state index contributed by atoms with van der Waals surface area (Å²) in [5.74, 6) is -0.652. The smallest absolute Gasteiger partial charge is 0.378 e. The predicted molar refractivity (Wildman–Crippen MR) is 68.9 cm³/mol. The van der Waals surface area contributed by atoms with Gasteiger partial charge in [0, 0.05) is 13.1 Å². The SMILES string of the molecule is CC(C)(C)n1ncc(C(=O)N2CCOCC2)c1C(F)(F)F. The van der Waals surface area contributed by atoms with Gasteiger partial charge < -0.3 is 9.64 Å². The van der Waals surface area contributed by atoms with Crippen LogP contribution in [0.4, 0.5) is 13.2 Å². The fraction of sp³-hybridized carbons (Fsp3) is 0.692. The lowest BCUT2D eigenvalue weighted by molar-refractivity contribution is -0.146. The summed E-state index contributed by atoms with van der Waals surface area (Å²) in [4.78, 5) is 13.7. The summed E-state index contributed by atoms with van der Waals surface area (Å²) in [7, 11) is 0. The molecule has 0 aromatic carbocycles. The van der Waals surface area contributed by atoms with Crippen molar-refractivity contribution in [2.45, 2.75) is 32.5 Å². The molecule has 5 nitrogen and oxygen atoms in total. The maximum atomic E-state index is 13.3. The minimum absolute atomic E-state index is 0.289. The number of hydrogen-bond donors (Lipinski definition) is 0. The number of aromatic nitrogens is 2. The van der Waals surface area contributed by atoms with E-state index >= 15 is 0 Å². The molecule has 1 aromatic rings. The Kier molecular flexibility index (Phi) is 4.01. The minimum Gasteiger partial charge on any atom is -0.378 e. The summed E-state index contributed by atoms with van der Waals surface area (Å²) < 4.78 is 46.0. The van der Waals surface area contributed by atoms with Gasteiger partial charge in [0.1, 0.15) is 0 Å². The molecule has 0 spiro atoms. The second-order valence-corrected chi connectivity index (χ2v) is 5.89. The highest BCUT2D eigenvalue weighted by atomic mass is 19.4. The molecule has 2 rings (SSSR count). The molecule has 0 N–H and O–H groups in total. The summed E-state index contributed by atoms with van der Waals surface area (Å²) >= 11 is 0. The average molecular weight is 305 g/mol. The normalized spacial score (nSPS) is 17.1. The topological polar surface area (TPSA) is 47.4 Å². The van der Waals surface area contributed by atoms with Crippen LogP contribution in [0.5, 0.6) is 0 Å². The molecule has 21 heavy (non-hydrogen) atoms. The molecular formula is C13H18F3N3O2. The predicted octanol–water partition coefficient (Wildman–Crippen LogP) is 2.13. The van der Waals surface area contributed by atoms with Gasteiger partial charge in [0.15, 0.2) is 5.69 Å². The molecular weight excluding hydrogens is 287 g/mol. The van der Waals surface area contributed by atoms with Gasteiger partial charge in [0.2, 0.25) is 0 Å². The van der Waals surface area contributed by atoms with Crippen LogP contribution in [0.2, 0.25) is 0 Å². The third kappa shape index (κ3) is 3.20. The van der Waals surface area contributed by atoms with Crippen LogP contribution < -0.4 is 0 Å². The number of alkyl halides is 3. The molecule has 1 aliphatic heterocycles. The number of morpholine rings is 1. The standard InChI is InChI=1S/C13H18F3N3O2/c1-12(2,3)19-10(13(14,15)16)9(8-17-19)11(20)18-4-6-21-7-5-18/h8H,4-7H2,1-3H3. The number of rotatable bonds is 1. The molecule has 1 saturated heterocycles. The molecule has 2 heterocycles. The zero-order chi connectivity index (χ0) is 15.8. The second kappa shape index (κ2) is 5.32. The highest BCUT2D eigenvalue weighted by molar-refractivity contribution is 5.95. The third-order valence-corrected chi connectivity index (χ3v) is 3.20. The van der Waals surface area contributed by atoms with E-state index in [1.807, 2.05) is 0 Å². The van der Waals surface area contributed by atoms with Crippen LogP contribution in [-0.4, -0.2) is 46.9 Å². The van der Waals surface area contributed by atoms with E-state index in [9.17, 15) is 18.0 Å². The van der Waals surface area contributed by atoms with Crippen molar-refractivity contribution < 1.29 is 22.7 Å². The molecule has 1 aliphatic rings. The Morgan fingerprint density at radius 3 is 2.29 bits per heavy atom. The van der Waals surface area contributed by atoms with Gasteiger partial charge in [-0.1, -0.05) is 0 Å². The van der Waals surface area contributed by atoms with E-state index in [2.05, 4.69) is 5.10 Å². The highest BCUT2D eigenvalue weighted by Crippen LogP contribution is 2.35. The van der Waals surface area contributed by atoms with Crippen LogP contribution in [0.1, 0.15) is 36.8 Å². The fourth-order valence-corrected chi connectivity index (χ4v) is 2.22. The van der Waals surface area contributed by atoms with Crippen molar-refractivity contribution in [2.24, 2.45) is 0 Å². The molecule has 8 heteroatoms. The third-order valence-electron chi connectivity index (χ3n) is 3.20. The van der Waals surface area contributed by atoms with E-state index in [1.54, 1.807) is 20.8 Å². The van der Waals surface area contributed by atoms with Crippen molar-refractivity contribution in [1.29, 1.82) is 0 Å². The Hall–Kier alpha value is -1.57. The number of hydrogen-bond acceptors (Lipinski definition) is 3. The monoisotopic (exact) mass is 305 g/mol. The first kappa shape index (κ1) is 15.8. The van der Waals surface area contributed by atoms with Crippen LogP contribution in [0.25, 0.3) is 0 Å². The number of carbonyl (C=O) groups is 1. The van der Waals surface area contributed by atoms with Crippen LogP contribution in [0, 0.1) is 0 Å². The van der Waals surface area contributed by atoms with Gasteiger partial charge in [0.25, 0.3) is 5.91 Å². The Labute approximate surface area is 120 Å². The quantitative estimate of drug-likeness (QED) is 0.798. The maximum Gasteiger partial charge on any atom is 0.433 e. The summed E-state index contributed by atoms with van der Waals surface area (Å²) in [6, 6.07) is 0. The number of ether oxygens (including phenoxy) is 1. The number of nitrogens with zero attached hydrogens (tertiary/aromatic N) is 3. The van der Waals surface area contributed by atoms with Crippen molar-refractivity contribution in [1.82, 2.24) is 14.7 Å². The van der Waals surface area contributed by atoms with Gasteiger partial charge in [-0.2, -0.15) is 18.3 Å². The van der Waals surface area contributed by atoms with Gasteiger partial charge in [-0.05, 0) is 20.8 Å². The van der Waals surface area contributed by atoms with Crippen molar-refractivity contribution in [3.63, 3.8) is 0 Å². The molecule has 0 bridgehead atoms. The molecule has 1 aromatic heterocycles. The summed E-state index contributed by atoms with van der Waals surface area (Å²) in [6.45, 7) is 6.07. The Morgan fingerprint density at radius 1 is 1.24 bits per heavy atom. The molecule has 0 unspecified atom stereocenters. The van der Waals surface area contributed by atoms with Crippen molar-refractivity contribution >= 4 is 5.91 Å². The Morgan fingerprint density at radius 2 is 1.81 bits per heavy atom. The molecule has 1 fully saturated rings. The van der Waals surface area contributed by atoms with Crippen molar-refractivity contribution in [3.05, 3.63) is 17.5 Å². The lowest BCUT2D eigenvalue weighted by Crippen LogP contribution is -2.41.